The highest BCUT2D eigenvalue weighted by molar-refractivity contribution is 7.89. The third kappa shape index (κ3) is 3.19. The van der Waals surface area contributed by atoms with E-state index >= 15 is 0 Å². The van der Waals surface area contributed by atoms with Gasteiger partial charge in [-0.15, -0.1) is 0 Å². The number of fused-ring (bicyclic) bond motifs is 1. The third-order valence-electron chi connectivity index (χ3n) is 5.73. The van der Waals surface area contributed by atoms with Crippen molar-refractivity contribution in [2.24, 2.45) is 5.92 Å². The normalized spacial score (nSPS) is 26.3. The lowest BCUT2D eigenvalue weighted by Crippen LogP contribution is -2.48. The standard InChI is InChI=1S/C17H25N5O3S/c1-21(17-15-3-5-18-16(15)19-11-20-17)14-7-12(8-14)10-26(23,24)22(2)13-4-6-25-9-13/h3,5,11-14H,4,6-10H2,1-2H3,(H,18,19,20)/t12-,13?,14+. The molecule has 9 heteroatoms. The molecule has 1 aliphatic heterocycles. The summed E-state index contributed by atoms with van der Waals surface area (Å²) in [6.45, 7) is 1.15. The summed E-state index contributed by atoms with van der Waals surface area (Å²) >= 11 is 0. The molecule has 2 aromatic heterocycles. The minimum Gasteiger partial charge on any atom is -0.380 e. The quantitative estimate of drug-likeness (QED) is 0.812. The largest absolute Gasteiger partial charge is 0.380 e. The van der Waals surface area contributed by atoms with Crippen molar-refractivity contribution in [3.8, 4) is 0 Å². The molecule has 1 unspecified atom stereocenters. The second kappa shape index (κ2) is 6.79. The van der Waals surface area contributed by atoms with Crippen molar-refractivity contribution >= 4 is 26.9 Å². The molecule has 2 fully saturated rings. The number of nitrogens with zero attached hydrogens (tertiary/aromatic N) is 4. The Kier molecular flexibility index (Phi) is 4.62. The van der Waals surface area contributed by atoms with Gasteiger partial charge in [0.25, 0.3) is 0 Å². The molecule has 0 radical (unpaired) electrons. The third-order valence-corrected chi connectivity index (χ3v) is 7.80. The van der Waals surface area contributed by atoms with E-state index in [2.05, 4.69) is 19.9 Å². The number of aromatic nitrogens is 3. The second-order valence-electron chi connectivity index (χ2n) is 7.35. The minimum absolute atomic E-state index is 0.0126. The van der Waals surface area contributed by atoms with Crippen molar-refractivity contribution in [2.45, 2.75) is 31.3 Å². The number of anilines is 1. The van der Waals surface area contributed by atoms with E-state index in [0.717, 1.165) is 36.1 Å². The van der Waals surface area contributed by atoms with Gasteiger partial charge in [-0.2, -0.15) is 4.31 Å². The van der Waals surface area contributed by atoms with Gasteiger partial charge in [-0.25, -0.2) is 18.4 Å². The van der Waals surface area contributed by atoms with Crippen molar-refractivity contribution in [1.82, 2.24) is 19.3 Å². The van der Waals surface area contributed by atoms with E-state index < -0.39 is 10.0 Å². The average Bonchev–Trinajstić information content (AvgIpc) is 3.27. The highest BCUT2D eigenvalue weighted by Crippen LogP contribution is 2.36. The van der Waals surface area contributed by atoms with Crippen LogP contribution < -0.4 is 4.90 Å². The van der Waals surface area contributed by atoms with Gasteiger partial charge in [0.1, 0.15) is 17.8 Å². The predicted molar refractivity (Wildman–Crippen MR) is 99.6 cm³/mol. The molecule has 1 aliphatic carbocycles. The van der Waals surface area contributed by atoms with Crippen LogP contribution in [0.15, 0.2) is 18.6 Å². The van der Waals surface area contributed by atoms with E-state index in [4.69, 9.17) is 4.74 Å². The van der Waals surface area contributed by atoms with Crippen LogP contribution >= 0.6 is 0 Å². The first-order valence-corrected chi connectivity index (χ1v) is 10.6. The predicted octanol–water partition coefficient (Wildman–Crippen LogP) is 1.22. The van der Waals surface area contributed by atoms with Crippen molar-refractivity contribution in [3.05, 3.63) is 18.6 Å². The number of H-pyrrole nitrogens is 1. The fourth-order valence-corrected chi connectivity index (χ4v) is 5.64. The molecule has 1 N–H and O–H groups in total. The maximum atomic E-state index is 12.6. The topological polar surface area (TPSA) is 91.4 Å². The number of ether oxygens (including phenoxy) is 1. The van der Waals surface area contributed by atoms with Gasteiger partial charge in [0.05, 0.1) is 23.8 Å². The summed E-state index contributed by atoms with van der Waals surface area (Å²) in [6.07, 6.45) is 5.92. The molecule has 8 nitrogen and oxygen atoms in total. The van der Waals surface area contributed by atoms with Gasteiger partial charge in [-0.3, -0.25) is 0 Å². The van der Waals surface area contributed by atoms with Gasteiger partial charge in [0.2, 0.25) is 10.0 Å². The van der Waals surface area contributed by atoms with E-state index in [9.17, 15) is 8.42 Å². The molecule has 2 aromatic rings. The summed E-state index contributed by atoms with van der Waals surface area (Å²) in [4.78, 5) is 13.9. The van der Waals surface area contributed by atoms with Crippen molar-refractivity contribution in [3.63, 3.8) is 0 Å². The number of rotatable bonds is 6. The summed E-state index contributed by atoms with van der Waals surface area (Å²) in [5.41, 5.74) is 0.820. The maximum absolute atomic E-state index is 12.6. The van der Waals surface area contributed by atoms with Gasteiger partial charge in [-0.1, -0.05) is 0 Å². The summed E-state index contributed by atoms with van der Waals surface area (Å²) in [5.74, 6) is 1.30. The van der Waals surface area contributed by atoms with Gasteiger partial charge in [0.15, 0.2) is 0 Å². The van der Waals surface area contributed by atoms with E-state index in [-0.39, 0.29) is 17.7 Å². The monoisotopic (exact) mass is 379 g/mol. The fourth-order valence-electron chi connectivity index (χ4n) is 3.92. The number of sulfonamides is 1. The zero-order valence-corrected chi connectivity index (χ0v) is 15.9. The average molecular weight is 379 g/mol. The number of nitrogens with one attached hydrogen (secondary N) is 1. The molecule has 0 bridgehead atoms. The van der Waals surface area contributed by atoms with Crippen LogP contribution in [0.5, 0.6) is 0 Å². The Morgan fingerprint density at radius 2 is 2.08 bits per heavy atom. The Morgan fingerprint density at radius 1 is 1.27 bits per heavy atom. The molecule has 1 saturated heterocycles. The summed E-state index contributed by atoms with van der Waals surface area (Å²) in [7, 11) is 0.462. The van der Waals surface area contributed by atoms with E-state index in [1.165, 1.54) is 4.31 Å². The van der Waals surface area contributed by atoms with Crippen LogP contribution in [0.1, 0.15) is 19.3 Å². The smallest absolute Gasteiger partial charge is 0.214 e. The number of aromatic amines is 1. The van der Waals surface area contributed by atoms with Crippen LogP contribution in [0.25, 0.3) is 11.0 Å². The van der Waals surface area contributed by atoms with E-state index in [1.54, 1.807) is 13.4 Å². The molecule has 3 heterocycles. The zero-order valence-electron chi connectivity index (χ0n) is 15.1. The van der Waals surface area contributed by atoms with Gasteiger partial charge < -0.3 is 14.6 Å². The Balaban J connectivity index is 1.37. The highest BCUT2D eigenvalue weighted by atomic mass is 32.2. The highest BCUT2D eigenvalue weighted by Gasteiger charge is 2.38. The zero-order chi connectivity index (χ0) is 18.3. The van der Waals surface area contributed by atoms with Crippen LogP contribution in [-0.4, -0.2) is 72.8 Å². The molecule has 4 rings (SSSR count). The van der Waals surface area contributed by atoms with Gasteiger partial charge >= 0.3 is 0 Å². The van der Waals surface area contributed by atoms with Crippen molar-refractivity contribution < 1.29 is 13.2 Å². The summed E-state index contributed by atoms with van der Waals surface area (Å²) in [5, 5.41) is 0.993. The number of hydrogen-bond donors (Lipinski definition) is 1. The van der Waals surface area contributed by atoms with Gasteiger partial charge in [-0.05, 0) is 31.2 Å². The van der Waals surface area contributed by atoms with Crippen LogP contribution in [-0.2, 0) is 14.8 Å². The molecule has 0 amide bonds. The van der Waals surface area contributed by atoms with Crippen LogP contribution in [0.4, 0.5) is 5.82 Å². The van der Waals surface area contributed by atoms with Gasteiger partial charge in [0, 0.05) is 32.9 Å². The van der Waals surface area contributed by atoms with Crippen molar-refractivity contribution in [1.29, 1.82) is 0 Å². The van der Waals surface area contributed by atoms with E-state index in [0.29, 0.717) is 19.3 Å². The van der Waals surface area contributed by atoms with Crippen molar-refractivity contribution in [2.75, 3.05) is 38.0 Å². The van der Waals surface area contributed by atoms with Crippen LogP contribution in [0.3, 0.4) is 0 Å². The molecular formula is C17H25N5O3S. The van der Waals surface area contributed by atoms with Crippen LogP contribution in [0, 0.1) is 5.92 Å². The molecule has 2 aliphatic rings. The SMILES string of the molecule is CN(C1CCOC1)S(=O)(=O)C[C@H]1C[C@@H](N(C)c2ncnc3[nH]ccc23)C1. The lowest BCUT2D eigenvalue weighted by atomic mass is 9.81. The lowest BCUT2D eigenvalue weighted by Gasteiger charge is -2.42. The summed E-state index contributed by atoms with van der Waals surface area (Å²) < 4.78 is 32.1. The Hall–Kier alpha value is -1.71. The van der Waals surface area contributed by atoms with E-state index in [1.807, 2.05) is 19.3 Å². The summed E-state index contributed by atoms with van der Waals surface area (Å²) in [6, 6.07) is 2.27. The Bertz CT molecular complexity index is 871. The Morgan fingerprint density at radius 3 is 2.81 bits per heavy atom. The first-order chi connectivity index (χ1) is 12.5. The minimum atomic E-state index is -3.24. The number of likely N-dealkylation sites (N-methyl/N-ethyl adjacent to an activating group) is 1. The number of hydrogen-bond acceptors (Lipinski definition) is 6. The molecule has 1 atom stereocenters. The van der Waals surface area contributed by atoms with Crippen LogP contribution in [0.2, 0.25) is 0 Å². The molecule has 26 heavy (non-hydrogen) atoms. The first kappa shape index (κ1) is 17.7. The molecular weight excluding hydrogens is 354 g/mol. The lowest BCUT2D eigenvalue weighted by molar-refractivity contribution is 0.180. The maximum Gasteiger partial charge on any atom is 0.214 e. The fraction of sp³-hybridized carbons (Fsp3) is 0.647. The molecule has 0 spiro atoms. The molecule has 142 valence electrons. The molecule has 1 saturated carbocycles. The molecule has 0 aromatic carbocycles. The Labute approximate surface area is 153 Å². The second-order valence-corrected chi connectivity index (χ2v) is 9.42. The first-order valence-electron chi connectivity index (χ1n) is 9.00.